The Bertz CT molecular complexity index is 4430. The first-order valence-electron chi connectivity index (χ1n) is 28.1. The lowest BCUT2D eigenvalue weighted by Crippen LogP contribution is -2.27. The molecule has 2 bridgehead atoms. The van der Waals surface area contributed by atoms with Crippen molar-refractivity contribution in [1.29, 1.82) is 5.26 Å². The topological polar surface area (TPSA) is 79.7 Å². The molecule has 2 atom stereocenters. The van der Waals surface area contributed by atoms with E-state index in [1.54, 1.807) is 0 Å². The first-order valence-corrected chi connectivity index (χ1v) is 28.1. The third kappa shape index (κ3) is 9.11. The minimum Gasteiger partial charge on any atom is -0.238 e. The van der Waals surface area contributed by atoms with Crippen molar-refractivity contribution in [1.82, 2.24) is 19.9 Å². The van der Waals surface area contributed by atoms with Crippen LogP contribution >= 0.6 is 0 Å². The lowest BCUT2D eigenvalue weighted by molar-refractivity contribution is 0.755. The van der Waals surface area contributed by atoms with Gasteiger partial charge in [0.2, 0.25) is 0 Å². The van der Waals surface area contributed by atoms with E-state index in [4.69, 9.17) is 26.5 Å². The molecule has 16 rings (SSSR count). The van der Waals surface area contributed by atoms with E-state index < -0.39 is 0 Å². The lowest BCUT2D eigenvalue weighted by Gasteiger charge is -2.42. The molecular formula is C78H48N6. The van der Waals surface area contributed by atoms with E-state index in [1.165, 1.54) is 44.5 Å². The highest BCUT2D eigenvalue weighted by Gasteiger charge is 2.41. The zero-order valence-electron chi connectivity index (χ0n) is 45.4. The van der Waals surface area contributed by atoms with Crippen LogP contribution in [0.1, 0.15) is 50.8 Å². The zero-order valence-corrected chi connectivity index (χ0v) is 45.4. The summed E-state index contributed by atoms with van der Waals surface area (Å²) in [6.45, 7) is 7.34. The minimum atomic E-state index is 0.111. The molecule has 13 aromatic rings. The van der Waals surface area contributed by atoms with E-state index in [1.807, 2.05) is 84.9 Å². The Morgan fingerprint density at radius 3 is 0.905 bits per heavy atom. The average Bonchev–Trinajstić information content (AvgIpc) is 1.68. The summed E-state index contributed by atoms with van der Waals surface area (Å²) < 4.78 is 0. The number of aromatic nitrogens is 4. The average molecular weight is 1070 g/mol. The normalized spacial score (nSPS) is 13.5. The molecule has 0 spiro atoms. The molecule has 3 aliphatic rings. The van der Waals surface area contributed by atoms with Crippen molar-refractivity contribution in [3.63, 3.8) is 0 Å². The largest absolute Gasteiger partial charge is 0.238 e. The molecule has 3 aliphatic carbocycles. The van der Waals surface area contributed by atoms with E-state index in [2.05, 4.69) is 205 Å². The van der Waals surface area contributed by atoms with Crippen LogP contribution in [0.15, 0.2) is 279 Å². The van der Waals surface area contributed by atoms with E-state index in [-0.39, 0.29) is 11.8 Å². The van der Waals surface area contributed by atoms with Gasteiger partial charge in [0.1, 0.15) is 0 Å². The SMILES string of the molecule is [C-]#[N+]c1ccc(-c2ccc(-c3cc(-c4ccc(-c5ccc6c(c5)C5c7ccccc7C6c6cc(-c7ccc(-c8cc(-c9ccc(-c%10ccc(C#N)cc%10)cc9)nc(-c9ccccc9)n8)cc7)ccc65)cc4)nc(-c4ccccc4)n3)cc2)cc1. The van der Waals surface area contributed by atoms with Gasteiger partial charge in [0, 0.05) is 45.2 Å². The van der Waals surface area contributed by atoms with Gasteiger partial charge in [0.05, 0.1) is 41.0 Å². The molecule has 6 heteroatoms. The highest BCUT2D eigenvalue weighted by Crippen LogP contribution is 2.57. The van der Waals surface area contributed by atoms with Crippen molar-refractivity contribution >= 4 is 5.69 Å². The summed E-state index contributed by atoms with van der Waals surface area (Å²) in [5.41, 5.74) is 27.8. The summed E-state index contributed by atoms with van der Waals surface area (Å²) in [7, 11) is 0. The molecule has 0 N–H and O–H groups in total. The van der Waals surface area contributed by atoms with Crippen LogP contribution in [-0.4, -0.2) is 19.9 Å². The predicted octanol–water partition coefficient (Wildman–Crippen LogP) is 19.3. The van der Waals surface area contributed by atoms with Crippen LogP contribution in [0.25, 0.3) is 117 Å². The summed E-state index contributed by atoms with van der Waals surface area (Å²) >= 11 is 0. The molecule has 0 saturated carbocycles. The van der Waals surface area contributed by atoms with Gasteiger partial charge in [-0.2, -0.15) is 5.26 Å². The summed E-state index contributed by atoms with van der Waals surface area (Å²) in [6, 6.07) is 99.8. The molecule has 0 amide bonds. The second kappa shape index (κ2) is 20.9. The van der Waals surface area contributed by atoms with Crippen LogP contribution in [0, 0.1) is 17.9 Å². The van der Waals surface area contributed by atoms with Gasteiger partial charge in [-0.3, -0.25) is 0 Å². The number of nitriles is 1. The maximum Gasteiger partial charge on any atom is 0.187 e. The van der Waals surface area contributed by atoms with Crippen LogP contribution in [-0.2, 0) is 0 Å². The molecular weight excluding hydrogens is 1020 g/mol. The van der Waals surface area contributed by atoms with Crippen LogP contribution in [0.3, 0.4) is 0 Å². The fourth-order valence-electron chi connectivity index (χ4n) is 12.3. The van der Waals surface area contributed by atoms with Crippen molar-refractivity contribution in [3.05, 3.63) is 329 Å². The lowest BCUT2D eigenvalue weighted by atomic mass is 9.60. The van der Waals surface area contributed by atoms with E-state index in [0.29, 0.717) is 22.9 Å². The standard InChI is InChI=1S/C78H48N6/c1-80-64-40-36-53(37-41-64)52-22-30-57(31-23-52)72-47-74(84-78(82-72)61-12-6-3-7-13-61)59-34-26-55(27-35-59)63-39-43-68-70(45-63)76-66-15-9-8-14-65(66)75(68)69-44-62(38-42-67(69)76)54-24-32-58(33-25-54)73-46-71(81-77(83-73)60-10-4-2-5-11-60)56-28-20-51(21-29-56)50-18-16-49(48-79)17-19-50/h2-47,75-76H. The molecule has 0 aliphatic heterocycles. The fraction of sp³-hybridized carbons (Fsp3) is 0.0256. The Hall–Kier alpha value is -11.4. The second-order valence-electron chi connectivity index (χ2n) is 21.5. The van der Waals surface area contributed by atoms with Gasteiger partial charge < -0.3 is 0 Å². The smallest absolute Gasteiger partial charge is 0.187 e. The van der Waals surface area contributed by atoms with Crippen molar-refractivity contribution < 1.29 is 0 Å². The quantitative estimate of drug-likeness (QED) is 0.128. The van der Waals surface area contributed by atoms with Crippen LogP contribution in [0.5, 0.6) is 0 Å². The van der Waals surface area contributed by atoms with Crippen molar-refractivity contribution in [2.24, 2.45) is 0 Å². The fourth-order valence-corrected chi connectivity index (χ4v) is 12.3. The maximum absolute atomic E-state index is 9.30. The number of hydrogen-bond donors (Lipinski definition) is 0. The molecule has 11 aromatic carbocycles. The van der Waals surface area contributed by atoms with Crippen molar-refractivity contribution in [2.45, 2.75) is 11.8 Å². The van der Waals surface area contributed by atoms with Gasteiger partial charge in [-0.1, -0.05) is 243 Å². The molecule has 2 unspecified atom stereocenters. The van der Waals surface area contributed by atoms with E-state index in [9.17, 15) is 5.26 Å². The molecule has 0 fully saturated rings. The summed E-state index contributed by atoms with van der Waals surface area (Å²) in [4.78, 5) is 24.0. The van der Waals surface area contributed by atoms with Crippen LogP contribution in [0.2, 0.25) is 0 Å². The molecule has 6 nitrogen and oxygen atoms in total. The molecule has 84 heavy (non-hydrogen) atoms. The Labute approximate surface area is 487 Å². The first-order chi connectivity index (χ1) is 41.5. The van der Waals surface area contributed by atoms with Crippen molar-refractivity contribution in [2.75, 3.05) is 0 Å². The summed E-state index contributed by atoms with van der Waals surface area (Å²) in [6.07, 6.45) is 0. The van der Waals surface area contributed by atoms with E-state index in [0.717, 1.165) is 89.5 Å². The minimum absolute atomic E-state index is 0.111. The van der Waals surface area contributed by atoms with Gasteiger partial charge in [0.25, 0.3) is 0 Å². The van der Waals surface area contributed by atoms with Gasteiger partial charge >= 0.3 is 0 Å². The second-order valence-corrected chi connectivity index (χ2v) is 21.5. The molecule has 0 saturated heterocycles. The summed E-state index contributed by atoms with van der Waals surface area (Å²) in [5.74, 6) is 1.57. The van der Waals surface area contributed by atoms with Gasteiger partial charge in [0.15, 0.2) is 17.3 Å². The Balaban J connectivity index is 0.717. The molecule has 0 radical (unpaired) electrons. The third-order valence-corrected chi connectivity index (χ3v) is 16.6. The number of benzene rings is 11. The van der Waals surface area contributed by atoms with Crippen LogP contribution < -0.4 is 0 Å². The Morgan fingerprint density at radius 2 is 0.560 bits per heavy atom. The highest BCUT2D eigenvalue weighted by molar-refractivity contribution is 5.81. The summed E-state index contributed by atoms with van der Waals surface area (Å²) in [5, 5.41) is 9.30. The molecule has 2 heterocycles. The third-order valence-electron chi connectivity index (χ3n) is 16.6. The number of rotatable bonds is 10. The number of hydrogen-bond acceptors (Lipinski definition) is 5. The van der Waals surface area contributed by atoms with Gasteiger partial charge in [-0.15, -0.1) is 0 Å². The van der Waals surface area contributed by atoms with Gasteiger partial charge in [-0.25, -0.2) is 24.8 Å². The monoisotopic (exact) mass is 1070 g/mol. The molecule has 2 aromatic heterocycles. The maximum atomic E-state index is 9.30. The van der Waals surface area contributed by atoms with Crippen molar-refractivity contribution in [3.8, 4) is 118 Å². The van der Waals surface area contributed by atoms with Gasteiger partial charge in [-0.05, 0) is 114 Å². The Kier molecular flexibility index (Phi) is 12.3. The van der Waals surface area contributed by atoms with Crippen LogP contribution in [0.4, 0.5) is 5.69 Å². The highest BCUT2D eigenvalue weighted by atomic mass is 14.9. The first kappa shape index (κ1) is 49.6. The number of nitrogens with zero attached hydrogens (tertiary/aromatic N) is 6. The zero-order chi connectivity index (χ0) is 56.1. The van der Waals surface area contributed by atoms with E-state index >= 15 is 0 Å². The molecule has 390 valence electrons. The Morgan fingerprint density at radius 1 is 0.274 bits per heavy atom. The predicted molar refractivity (Wildman–Crippen MR) is 338 cm³/mol.